The number of nitrogens with zero attached hydrogens (tertiary/aromatic N) is 2. The van der Waals surface area contributed by atoms with Gasteiger partial charge in [-0.05, 0) is 57.9 Å². The third-order valence-electron chi connectivity index (χ3n) is 4.71. The topological polar surface area (TPSA) is 70.5 Å². The number of rotatable bonds is 3. The zero-order chi connectivity index (χ0) is 21.4. The molecule has 5 nitrogen and oxygen atoms in total. The van der Waals surface area contributed by atoms with Gasteiger partial charge in [0.1, 0.15) is 11.6 Å². The van der Waals surface area contributed by atoms with Crippen molar-refractivity contribution in [2.75, 3.05) is 4.90 Å². The SMILES string of the molecule is O=C1C(=O)N(c2ccc(Br)cn2)[C@@H](c2ccc(Br)cc2)/C1=C(\O)c1ccc(Br)cc1. The number of ketones is 1. The van der Waals surface area contributed by atoms with Gasteiger partial charge in [-0.3, -0.25) is 14.5 Å². The zero-order valence-electron chi connectivity index (χ0n) is 15.2. The molecule has 0 saturated carbocycles. The van der Waals surface area contributed by atoms with Gasteiger partial charge in [0.25, 0.3) is 5.78 Å². The molecular formula is C22H13Br3N2O3. The van der Waals surface area contributed by atoms with E-state index >= 15 is 0 Å². The van der Waals surface area contributed by atoms with Crippen LogP contribution in [0.2, 0.25) is 0 Å². The Morgan fingerprint density at radius 2 is 1.40 bits per heavy atom. The molecule has 2 heterocycles. The van der Waals surface area contributed by atoms with Gasteiger partial charge in [-0.2, -0.15) is 0 Å². The van der Waals surface area contributed by atoms with E-state index in [2.05, 4.69) is 52.8 Å². The van der Waals surface area contributed by atoms with Crippen molar-refractivity contribution in [1.82, 2.24) is 4.98 Å². The highest BCUT2D eigenvalue weighted by atomic mass is 79.9. The lowest BCUT2D eigenvalue weighted by Gasteiger charge is -2.24. The zero-order valence-corrected chi connectivity index (χ0v) is 20.0. The van der Waals surface area contributed by atoms with Crippen LogP contribution in [0.3, 0.4) is 0 Å². The molecule has 1 atom stereocenters. The number of carbonyl (C=O) groups excluding carboxylic acids is 2. The van der Waals surface area contributed by atoms with Crippen LogP contribution in [-0.2, 0) is 9.59 Å². The molecule has 150 valence electrons. The molecule has 1 N–H and O–H groups in total. The minimum absolute atomic E-state index is 0.0226. The summed E-state index contributed by atoms with van der Waals surface area (Å²) in [5.41, 5.74) is 1.15. The van der Waals surface area contributed by atoms with Gasteiger partial charge in [0.2, 0.25) is 0 Å². The van der Waals surface area contributed by atoms with Gasteiger partial charge in [0, 0.05) is 25.2 Å². The molecule has 1 aromatic heterocycles. The normalized spacial score (nSPS) is 18.1. The van der Waals surface area contributed by atoms with E-state index < -0.39 is 17.7 Å². The Kier molecular flexibility index (Phi) is 5.90. The third-order valence-corrected chi connectivity index (χ3v) is 6.23. The molecule has 3 aromatic rings. The van der Waals surface area contributed by atoms with Crippen molar-refractivity contribution in [2.24, 2.45) is 0 Å². The molecule has 0 bridgehead atoms. The summed E-state index contributed by atoms with van der Waals surface area (Å²) in [7, 11) is 0. The highest BCUT2D eigenvalue weighted by Crippen LogP contribution is 2.42. The van der Waals surface area contributed by atoms with Crippen LogP contribution < -0.4 is 4.90 Å². The van der Waals surface area contributed by atoms with E-state index in [4.69, 9.17) is 0 Å². The molecule has 1 aliphatic heterocycles. The average Bonchev–Trinajstić information content (AvgIpc) is 3.00. The number of halogens is 3. The molecule has 0 unspecified atom stereocenters. The molecule has 1 amide bonds. The molecule has 1 fully saturated rings. The van der Waals surface area contributed by atoms with Crippen molar-refractivity contribution < 1.29 is 14.7 Å². The Bertz CT molecular complexity index is 1160. The highest BCUT2D eigenvalue weighted by molar-refractivity contribution is 9.11. The maximum absolute atomic E-state index is 13.0. The lowest BCUT2D eigenvalue weighted by atomic mass is 9.95. The van der Waals surface area contributed by atoms with Gasteiger partial charge in [-0.15, -0.1) is 0 Å². The lowest BCUT2D eigenvalue weighted by Crippen LogP contribution is -2.30. The maximum Gasteiger partial charge on any atom is 0.301 e. The van der Waals surface area contributed by atoms with Crippen LogP contribution >= 0.6 is 47.8 Å². The summed E-state index contributed by atoms with van der Waals surface area (Å²) in [6, 6.07) is 16.7. The van der Waals surface area contributed by atoms with Gasteiger partial charge >= 0.3 is 5.91 Å². The minimum Gasteiger partial charge on any atom is -0.507 e. The summed E-state index contributed by atoms with van der Waals surface area (Å²) in [5, 5.41) is 11.0. The molecule has 2 aromatic carbocycles. The molecular weight excluding hydrogens is 580 g/mol. The number of pyridine rings is 1. The van der Waals surface area contributed by atoms with E-state index in [-0.39, 0.29) is 11.3 Å². The Balaban J connectivity index is 1.93. The van der Waals surface area contributed by atoms with E-state index in [9.17, 15) is 14.7 Å². The number of amides is 1. The van der Waals surface area contributed by atoms with Gasteiger partial charge in [-0.25, -0.2) is 4.98 Å². The fourth-order valence-corrected chi connectivity index (χ4v) is 4.07. The van der Waals surface area contributed by atoms with Crippen LogP contribution in [0.1, 0.15) is 17.2 Å². The molecule has 1 aliphatic rings. The molecule has 8 heteroatoms. The van der Waals surface area contributed by atoms with Crippen molar-refractivity contribution in [2.45, 2.75) is 6.04 Å². The summed E-state index contributed by atoms with van der Waals surface area (Å²) in [4.78, 5) is 31.7. The van der Waals surface area contributed by atoms with Gasteiger partial charge < -0.3 is 5.11 Å². The number of carbonyl (C=O) groups is 2. The average molecular weight is 593 g/mol. The van der Waals surface area contributed by atoms with Crippen molar-refractivity contribution in [1.29, 1.82) is 0 Å². The van der Waals surface area contributed by atoms with Crippen molar-refractivity contribution in [3.63, 3.8) is 0 Å². The first-order valence-corrected chi connectivity index (χ1v) is 11.2. The van der Waals surface area contributed by atoms with Crippen molar-refractivity contribution >= 4 is 71.1 Å². The summed E-state index contributed by atoms with van der Waals surface area (Å²) >= 11 is 10.1. The van der Waals surface area contributed by atoms with Crippen LogP contribution in [0.4, 0.5) is 5.82 Å². The molecule has 4 rings (SSSR count). The quantitative estimate of drug-likeness (QED) is 0.230. The summed E-state index contributed by atoms with van der Waals surface area (Å²) in [6.45, 7) is 0. The number of hydrogen-bond acceptors (Lipinski definition) is 4. The van der Waals surface area contributed by atoms with E-state index in [1.807, 2.05) is 12.1 Å². The first kappa shape index (κ1) is 21.0. The van der Waals surface area contributed by atoms with E-state index in [1.165, 1.54) is 4.90 Å². The number of anilines is 1. The number of hydrogen-bond donors (Lipinski definition) is 1. The Morgan fingerprint density at radius 3 is 1.97 bits per heavy atom. The number of aliphatic hydroxyl groups is 1. The molecule has 0 aliphatic carbocycles. The molecule has 30 heavy (non-hydrogen) atoms. The second-order valence-corrected chi connectivity index (χ2v) is 9.31. The fourth-order valence-electron chi connectivity index (χ4n) is 3.30. The third kappa shape index (κ3) is 3.87. The van der Waals surface area contributed by atoms with Gasteiger partial charge in [0.15, 0.2) is 0 Å². The van der Waals surface area contributed by atoms with E-state index in [1.54, 1.807) is 54.7 Å². The first-order chi connectivity index (χ1) is 14.4. The predicted octanol–water partition coefficient (Wildman–Crippen LogP) is 6.00. The number of benzene rings is 2. The second-order valence-electron chi connectivity index (χ2n) is 6.56. The van der Waals surface area contributed by atoms with Crippen molar-refractivity contribution in [3.05, 3.63) is 97.0 Å². The second kappa shape index (κ2) is 8.45. The Morgan fingerprint density at radius 1 is 0.833 bits per heavy atom. The first-order valence-electron chi connectivity index (χ1n) is 8.81. The molecule has 0 spiro atoms. The highest BCUT2D eigenvalue weighted by Gasteiger charge is 2.47. The van der Waals surface area contributed by atoms with Crippen LogP contribution in [0.5, 0.6) is 0 Å². The Hall–Kier alpha value is -2.29. The summed E-state index contributed by atoms with van der Waals surface area (Å²) in [5.74, 6) is -1.40. The largest absolute Gasteiger partial charge is 0.507 e. The maximum atomic E-state index is 13.0. The summed E-state index contributed by atoms with van der Waals surface area (Å²) in [6.07, 6.45) is 1.56. The number of aromatic nitrogens is 1. The smallest absolute Gasteiger partial charge is 0.301 e. The number of Topliss-reactive ketones (excluding diaryl/α,β-unsaturated/α-hetero) is 1. The monoisotopic (exact) mass is 590 g/mol. The fraction of sp³-hybridized carbons (Fsp3) is 0.0455. The van der Waals surface area contributed by atoms with Crippen LogP contribution in [-0.4, -0.2) is 21.8 Å². The van der Waals surface area contributed by atoms with Crippen molar-refractivity contribution in [3.8, 4) is 0 Å². The van der Waals surface area contributed by atoms with E-state index in [0.717, 1.165) is 13.4 Å². The standard InChI is InChI=1S/C22H13Br3N2O3/c23-14-5-1-12(2-6-14)19-18(20(28)13-3-7-15(24)8-4-13)21(29)22(30)27(19)17-10-9-16(25)11-26-17/h1-11,19,28H/b20-18+/t19-/m0/s1. The molecule has 0 radical (unpaired) electrons. The minimum atomic E-state index is -0.810. The van der Waals surface area contributed by atoms with Crippen LogP contribution in [0, 0.1) is 0 Å². The molecule has 1 saturated heterocycles. The predicted molar refractivity (Wildman–Crippen MR) is 125 cm³/mol. The Labute approximate surface area is 197 Å². The number of aliphatic hydroxyl groups excluding tert-OH is 1. The van der Waals surface area contributed by atoms with E-state index in [0.29, 0.717) is 16.9 Å². The summed E-state index contributed by atoms with van der Waals surface area (Å²) < 4.78 is 2.44. The lowest BCUT2D eigenvalue weighted by molar-refractivity contribution is -0.132. The van der Waals surface area contributed by atoms with Crippen LogP contribution in [0.15, 0.2) is 85.9 Å². The van der Waals surface area contributed by atoms with Gasteiger partial charge in [-0.1, -0.05) is 56.1 Å². The van der Waals surface area contributed by atoms with Gasteiger partial charge in [0.05, 0.1) is 11.6 Å². The van der Waals surface area contributed by atoms with Crippen LogP contribution in [0.25, 0.3) is 5.76 Å².